The lowest BCUT2D eigenvalue weighted by atomic mass is 10.0. The second-order valence-electron chi connectivity index (χ2n) is 3.51. The number of hydrogen-bond acceptors (Lipinski definition) is 2. The molecule has 1 rings (SSSR count). The molecule has 0 aliphatic carbocycles. The van der Waals surface area contributed by atoms with Crippen LogP contribution in [-0.2, 0) is 6.42 Å². The summed E-state index contributed by atoms with van der Waals surface area (Å²) in [6, 6.07) is 6.28. The highest BCUT2D eigenvalue weighted by atomic mass is 16.5. The average molecular weight is 193 g/mol. The number of nitrogens with two attached hydrogens (primary N) is 1. The van der Waals surface area contributed by atoms with Crippen LogP contribution in [0.3, 0.4) is 0 Å². The van der Waals surface area contributed by atoms with E-state index in [4.69, 9.17) is 10.5 Å². The highest BCUT2D eigenvalue weighted by Gasteiger charge is 2.04. The van der Waals surface area contributed by atoms with Crippen LogP contribution in [0.2, 0.25) is 0 Å². The summed E-state index contributed by atoms with van der Waals surface area (Å²) >= 11 is 0. The van der Waals surface area contributed by atoms with Crippen LogP contribution in [0.4, 0.5) is 0 Å². The molecule has 2 nitrogen and oxygen atoms in total. The molecule has 2 N–H and O–H groups in total. The van der Waals surface area contributed by atoms with E-state index in [-0.39, 0.29) is 0 Å². The number of benzene rings is 1. The van der Waals surface area contributed by atoms with Gasteiger partial charge in [-0.2, -0.15) is 0 Å². The van der Waals surface area contributed by atoms with Gasteiger partial charge in [-0.1, -0.05) is 18.2 Å². The summed E-state index contributed by atoms with van der Waals surface area (Å²) in [5.41, 5.74) is 7.96. The van der Waals surface area contributed by atoms with Crippen LogP contribution >= 0.6 is 0 Å². The molecule has 14 heavy (non-hydrogen) atoms. The van der Waals surface area contributed by atoms with Gasteiger partial charge < -0.3 is 10.5 Å². The van der Waals surface area contributed by atoms with Crippen LogP contribution in [0.5, 0.6) is 5.75 Å². The number of aryl methyl sites for hydroxylation is 2. The molecule has 2 heteroatoms. The van der Waals surface area contributed by atoms with Crippen molar-refractivity contribution in [1.29, 1.82) is 0 Å². The number of unbranched alkanes of at least 4 members (excludes halogenated alkanes) is 1. The Morgan fingerprint density at radius 1 is 1.29 bits per heavy atom. The minimum Gasteiger partial charge on any atom is -0.496 e. The second kappa shape index (κ2) is 5.66. The molecular weight excluding hydrogens is 174 g/mol. The fraction of sp³-hybridized carbons (Fsp3) is 0.500. The normalized spacial score (nSPS) is 10.2. The Morgan fingerprint density at radius 3 is 2.71 bits per heavy atom. The fourth-order valence-corrected chi connectivity index (χ4v) is 1.66. The third-order valence-corrected chi connectivity index (χ3v) is 2.40. The predicted molar refractivity (Wildman–Crippen MR) is 59.7 cm³/mol. The van der Waals surface area contributed by atoms with E-state index in [1.807, 2.05) is 0 Å². The zero-order valence-corrected chi connectivity index (χ0v) is 9.05. The van der Waals surface area contributed by atoms with Gasteiger partial charge in [-0.15, -0.1) is 0 Å². The van der Waals surface area contributed by atoms with Gasteiger partial charge in [0.15, 0.2) is 0 Å². The van der Waals surface area contributed by atoms with Crippen molar-refractivity contribution in [2.45, 2.75) is 26.2 Å². The summed E-state index contributed by atoms with van der Waals surface area (Å²) in [7, 11) is 1.73. The third-order valence-electron chi connectivity index (χ3n) is 2.40. The number of methoxy groups -OCH3 is 1. The Bertz CT molecular complexity index is 284. The van der Waals surface area contributed by atoms with E-state index in [9.17, 15) is 0 Å². The Morgan fingerprint density at radius 2 is 2.07 bits per heavy atom. The van der Waals surface area contributed by atoms with E-state index in [1.54, 1.807) is 7.11 Å². The first-order chi connectivity index (χ1) is 6.79. The van der Waals surface area contributed by atoms with Crippen LogP contribution < -0.4 is 10.5 Å². The van der Waals surface area contributed by atoms with E-state index < -0.39 is 0 Å². The molecule has 0 aromatic heterocycles. The largest absolute Gasteiger partial charge is 0.496 e. The van der Waals surface area contributed by atoms with Crippen molar-refractivity contribution in [1.82, 2.24) is 0 Å². The van der Waals surface area contributed by atoms with Gasteiger partial charge in [-0.05, 0) is 43.9 Å². The van der Waals surface area contributed by atoms with E-state index in [0.717, 1.165) is 31.6 Å². The zero-order chi connectivity index (χ0) is 10.4. The Hall–Kier alpha value is -1.02. The van der Waals surface area contributed by atoms with Gasteiger partial charge >= 0.3 is 0 Å². The zero-order valence-electron chi connectivity index (χ0n) is 9.05. The van der Waals surface area contributed by atoms with Crippen LogP contribution in [0.15, 0.2) is 18.2 Å². The first-order valence-corrected chi connectivity index (χ1v) is 5.12. The predicted octanol–water partition coefficient (Wildman–Crippen LogP) is 2.29. The molecule has 78 valence electrons. The number of rotatable bonds is 5. The van der Waals surface area contributed by atoms with Crippen molar-refractivity contribution in [3.8, 4) is 5.75 Å². The Balaban J connectivity index is 2.70. The van der Waals surface area contributed by atoms with Gasteiger partial charge in [-0.25, -0.2) is 0 Å². The van der Waals surface area contributed by atoms with E-state index in [0.29, 0.717) is 0 Å². The van der Waals surface area contributed by atoms with Gasteiger partial charge in [0.2, 0.25) is 0 Å². The SMILES string of the molecule is COc1c(C)cccc1CCCCN. The molecular formula is C12H19NO. The van der Waals surface area contributed by atoms with Crippen molar-refractivity contribution in [2.24, 2.45) is 5.73 Å². The molecule has 0 saturated carbocycles. The van der Waals surface area contributed by atoms with Gasteiger partial charge in [0.05, 0.1) is 7.11 Å². The summed E-state index contributed by atoms with van der Waals surface area (Å²) in [6.07, 6.45) is 3.27. The highest BCUT2D eigenvalue weighted by Crippen LogP contribution is 2.24. The quantitative estimate of drug-likeness (QED) is 0.728. The lowest BCUT2D eigenvalue weighted by Crippen LogP contribution is -2.00. The fourth-order valence-electron chi connectivity index (χ4n) is 1.66. The van der Waals surface area contributed by atoms with Gasteiger partial charge in [-0.3, -0.25) is 0 Å². The Kier molecular flexibility index (Phi) is 4.47. The molecule has 0 saturated heterocycles. The standard InChI is InChI=1S/C12H19NO/c1-10-6-5-8-11(12(10)14-2)7-3-4-9-13/h5-6,8H,3-4,7,9,13H2,1-2H3. The molecule has 1 aromatic carbocycles. The first-order valence-electron chi connectivity index (χ1n) is 5.12. The maximum atomic E-state index is 5.46. The van der Waals surface area contributed by atoms with Crippen molar-refractivity contribution in [3.05, 3.63) is 29.3 Å². The van der Waals surface area contributed by atoms with Crippen LogP contribution in [0.1, 0.15) is 24.0 Å². The summed E-state index contributed by atoms with van der Waals surface area (Å²) in [5, 5.41) is 0. The minimum absolute atomic E-state index is 0.772. The maximum absolute atomic E-state index is 5.46. The minimum atomic E-state index is 0.772. The summed E-state index contributed by atoms with van der Waals surface area (Å²) in [6.45, 7) is 2.85. The molecule has 0 fully saturated rings. The topological polar surface area (TPSA) is 35.2 Å². The van der Waals surface area contributed by atoms with Crippen LogP contribution in [-0.4, -0.2) is 13.7 Å². The Labute approximate surface area is 86.1 Å². The first kappa shape index (κ1) is 11.1. The van der Waals surface area contributed by atoms with Gasteiger partial charge in [0.25, 0.3) is 0 Å². The van der Waals surface area contributed by atoms with Crippen LogP contribution in [0.25, 0.3) is 0 Å². The second-order valence-corrected chi connectivity index (χ2v) is 3.51. The number of para-hydroxylation sites is 1. The number of ether oxygens (including phenoxy) is 1. The van der Waals surface area contributed by atoms with Crippen LogP contribution in [0, 0.1) is 6.92 Å². The van der Waals surface area contributed by atoms with Crippen molar-refractivity contribution < 1.29 is 4.74 Å². The summed E-state index contributed by atoms with van der Waals surface area (Å²) < 4.78 is 5.38. The third kappa shape index (κ3) is 2.74. The molecule has 0 unspecified atom stereocenters. The van der Waals surface area contributed by atoms with Gasteiger partial charge in [0.1, 0.15) is 5.75 Å². The lowest BCUT2D eigenvalue weighted by molar-refractivity contribution is 0.406. The molecule has 0 aliphatic heterocycles. The van der Waals surface area contributed by atoms with Gasteiger partial charge in [0, 0.05) is 0 Å². The average Bonchev–Trinajstić information content (AvgIpc) is 2.18. The molecule has 0 heterocycles. The highest BCUT2D eigenvalue weighted by molar-refractivity contribution is 5.40. The molecule has 0 spiro atoms. The maximum Gasteiger partial charge on any atom is 0.124 e. The molecule has 0 radical (unpaired) electrons. The molecule has 1 aromatic rings. The van der Waals surface area contributed by atoms with Crippen molar-refractivity contribution >= 4 is 0 Å². The smallest absolute Gasteiger partial charge is 0.124 e. The number of hydrogen-bond donors (Lipinski definition) is 1. The van der Waals surface area contributed by atoms with E-state index >= 15 is 0 Å². The molecule has 0 atom stereocenters. The molecule has 0 amide bonds. The van der Waals surface area contributed by atoms with Crippen molar-refractivity contribution in [3.63, 3.8) is 0 Å². The lowest BCUT2D eigenvalue weighted by Gasteiger charge is -2.10. The monoisotopic (exact) mass is 193 g/mol. The van der Waals surface area contributed by atoms with E-state index in [2.05, 4.69) is 25.1 Å². The molecule has 0 aliphatic rings. The van der Waals surface area contributed by atoms with Crippen molar-refractivity contribution in [2.75, 3.05) is 13.7 Å². The summed E-state index contributed by atoms with van der Waals surface area (Å²) in [5.74, 6) is 1.03. The van der Waals surface area contributed by atoms with E-state index in [1.165, 1.54) is 11.1 Å². The summed E-state index contributed by atoms with van der Waals surface area (Å²) in [4.78, 5) is 0. The molecule has 0 bridgehead atoms.